The van der Waals surface area contributed by atoms with E-state index in [1.165, 1.54) is 31.4 Å². The van der Waals surface area contributed by atoms with Gasteiger partial charge in [-0.2, -0.15) is 0 Å². The van der Waals surface area contributed by atoms with Gasteiger partial charge in [0.1, 0.15) is 12.4 Å². The Labute approximate surface area is 231 Å². The number of carbonyl (C=O) groups excluding carboxylic acids is 3. The van der Waals surface area contributed by atoms with E-state index in [4.69, 9.17) is 9.15 Å². The molecule has 1 aliphatic heterocycles. The minimum absolute atomic E-state index is 0.0793. The number of carbonyl (C=O) groups is 3. The van der Waals surface area contributed by atoms with Crippen LogP contribution in [0.3, 0.4) is 0 Å². The molecule has 1 aromatic heterocycles. The Kier molecular flexibility index (Phi) is 10.5. The number of allylic oxidation sites excluding steroid dienone is 1. The molecule has 11 heteroatoms. The van der Waals surface area contributed by atoms with Gasteiger partial charge < -0.3 is 13.7 Å². The van der Waals surface area contributed by atoms with Crippen LogP contribution in [0.4, 0.5) is 0 Å². The highest BCUT2D eigenvalue weighted by Crippen LogP contribution is 2.60. The number of furan rings is 1. The van der Waals surface area contributed by atoms with Gasteiger partial charge in [-0.05, 0) is 35.6 Å². The molecule has 1 N–H and O–H groups in total. The molecule has 2 aromatic rings. The molecule has 1 aliphatic carbocycles. The first-order valence-electron chi connectivity index (χ1n) is 12.1. The fourth-order valence-corrected chi connectivity index (χ4v) is 6.94. The summed E-state index contributed by atoms with van der Waals surface area (Å²) in [5.74, 6) is 1.04. The van der Waals surface area contributed by atoms with Crippen molar-refractivity contribution >= 4 is 46.9 Å². The lowest BCUT2D eigenvalue weighted by atomic mass is 10.1. The molecule has 2 heterocycles. The van der Waals surface area contributed by atoms with Gasteiger partial charge in [-0.15, -0.1) is 0 Å². The summed E-state index contributed by atoms with van der Waals surface area (Å²) in [6.45, 7) is 2.70. The number of hydrogen-bond acceptors (Lipinski definition) is 9. The molecular weight excluding hydrogens is 545 g/mol. The average molecular weight is 580 g/mol. The maximum atomic E-state index is 12.6. The second-order valence-electron chi connectivity index (χ2n) is 9.62. The SMILES string of the molecule is CC1(C)[C@H](/C=C2\CCSC2=O)[C@@H]1C(=O)OCc1coc(Cc2ccccc2)c1.COP(=O)(NC(C)=O)SC. The van der Waals surface area contributed by atoms with Gasteiger partial charge in [-0.25, -0.2) is 0 Å². The molecule has 38 heavy (non-hydrogen) atoms. The van der Waals surface area contributed by atoms with Crippen LogP contribution in [0.15, 0.2) is 58.7 Å². The predicted octanol–water partition coefficient (Wildman–Crippen LogP) is 6.02. The van der Waals surface area contributed by atoms with E-state index in [0.717, 1.165) is 40.5 Å². The lowest BCUT2D eigenvalue weighted by molar-refractivity contribution is -0.147. The van der Waals surface area contributed by atoms with Crippen LogP contribution in [0, 0.1) is 17.3 Å². The molecule has 0 bridgehead atoms. The summed E-state index contributed by atoms with van der Waals surface area (Å²) in [4.78, 5) is 34.8. The number of ether oxygens (including phenoxy) is 1. The van der Waals surface area contributed by atoms with Gasteiger partial charge in [-0.1, -0.05) is 73.4 Å². The molecule has 1 aromatic carbocycles. The monoisotopic (exact) mass is 579 g/mol. The Morgan fingerprint density at radius 2 is 1.97 bits per heavy atom. The van der Waals surface area contributed by atoms with Crippen LogP contribution in [0.25, 0.3) is 0 Å². The summed E-state index contributed by atoms with van der Waals surface area (Å²) < 4.78 is 26.9. The molecule has 2 aliphatic rings. The van der Waals surface area contributed by atoms with E-state index in [9.17, 15) is 18.9 Å². The second-order valence-corrected chi connectivity index (χ2v) is 15.2. The van der Waals surface area contributed by atoms with Crippen molar-refractivity contribution in [1.29, 1.82) is 0 Å². The van der Waals surface area contributed by atoms with Crippen LogP contribution >= 0.6 is 29.9 Å². The lowest BCUT2D eigenvalue weighted by Gasteiger charge is -2.11. The van der Waals surface area contributed by atoms with Crippen molar-refractivity contribution in [3.63, 3.8) is 0 Å². The van der Waals surface area contributed by atoms with Crippen molar-refractivity contribution in [2.75, 3.05) is 19.1 Å². The zero-order valence-electron chi connectivity index (χ0n) is 22.2. The molecule has 1 unspecified atom stereocenters. The molecule has 8 nitrogen and oxygen atoms in total. The third-order valence-corrected chi connectivity index (χ3v) is 11.1. The van der Waals surface area contributed by atoms with Crippen molar-refractivity contribution in [1.82, 2.24) is 5.09 Å². The second kappa shape index (κ2) is 13.2. The Bertz CT molecular complexity index is 1220. The highest BCUT2D eigenvalue weighted by atomic mass is 32.7. The van der Waals surface area contributed by atoms with Gasteiger partial charge >= 0.3 is 12.7 Å². The molecule has 206 valence electrons. The molecule has 1 saturated heterocycles. The fourth-order valence-electron chi connectivity index (χ4n) is 4.25. The van der Waals surface area contributed by atoms with E-state index < -0.39 is 6.72 Å². The quantitative estimate of drug-likeness (QED) is 0.217. The molecule has 4 rings (SSSR count). The molecule has 2 fully saturated rings. The van der Waals surface area contributed by atoms with E-state index >= 15 is 0 Å². The number of thioether (sulfide) groups is 1. The lowest BCUT2D eigenvalue weighted by Crippen LogP contribution is -2.15. The Morgan fingerprint density at radius 3 is 2.53 bits per heavy atom. The van der Waals surface area contributed by atoms with Gasteiger partial charge in [0, 0.05) is 37.3 Å². The fraction of sp³-hybridized carbons (Fsp3) is 0.444. The van der Waals surface area contributed by atoms with Gasteiger partial charge in [0.2, 0.25) is 11.0 Å². The number of rotatable bonds is 9. The van der Waals surface area contributed by atoms with Crippen LogP contribution < -0.4 is 5.09 Å². The first-order chi connectivity index (χ1) is 18.0. The number of nitrogens with one attached hydrogen (secondary N) is 1. The summed E-state index contributed by atoms with van der Waals surface area (Å²) in [6.07, 6.45) is 6.78. The van der Waals surface area contributed by atoms with E-state index in [1.807, 2.05) is 30.3 Å². The van der Waals surface area contributed by atoms with E-state index in [0.29, 0.717) is 6.42 Å². The van der Waals surface area contributed by atoms with Crippen molar-refractivity contribution in [2.24, 2.45) is 17.3 Å². The van der Waals surface area contributed by atoms with Crippen LogP contribution in [-0.4, -0.2) is 36.1 Å². The topological polar surface area (TPSA) is 112 Å². The average Bonchev–Trinajstić information content (AvgIpc) is 3.21. The molecule has 0 radical (unpaired) electrons. The first-order valence-corrected chi connectivity index (χ1v) is 16.6. The molecule has 3 atom stereocenters. The molecular formula is C27H34NO7PS2. The third-order valence-electron chi connectivity index (χ3n) is 6.50. The van der Waals surface area contributed by atoms with Crippen LogP contribution in [0.1, 0.15) is 44.1 Å². The van der Waals surface area contributed by atoms with E-state index in [-0.39, 0.29) is 40.8 Å². The largest absolute Gasteiger partial charge is 0.469 e. The van der Waals surface area contributed by atoms with Crippen molar-refractivity contribution in [3.8, 4) is 0 Å². The molecule has 1 saturated carbocycles. The Balaban J connectivity index is 0.000000342. The molecule has 0 spiro atoms. The standard InChI is InChI=1S/C23H24O4S.C4H10NO3PS/c1-23(2)19(12-17-8-9-28-22(17)25)20(23)21(24)27-14-16-11-18(26-13-16)10-15-6-4-3-5-7-15;1-4(6)5-9(7,8-2)10-3/h3-7,11-13,19-20H,8-10,14H2,1-2H3;1-3H3,(H,5,6,7)/b17-12+;/t19-,20-;/m1./s1. The minimum atomic E-state index is -2.92. The molecule has 1 amide bonds. The van der Waals surface area contributed by atoms with Gasteiger partial charge in [0.25, 0.3) is 0 Å². The highest BCUT2D eigenvalue weighted by Gasteiger charge is 2.61. The Hall–Kier alpha value is -2.26. The smallest absolute Gasteiger partial charge is 0.352 e. The summed E-state index contributed by atoms with van der Waals surface area (Å²) >= 11 is 2.36. The van der Waals surface area contributed by atoms with Crippen molar-refractivity contribution in [2.45, 2.75) is 40.2 Å². The normalized spacial score (nSPS) is 22.2. The highest BCUT2D eigenvalue weighted by molar-refractivity contribution is 8.55. The predicted molar refractivity (Wildman–Crippen MR) is 151 cm³/mol. The number of amides is 1. The summed E-state index contributed by atoms with van der Waals surface area (Å²) in [7, 11) is 1.30. The van der Waals surface area contributed by atoms with Crippen LogP contribution in [0.2, 0.25) is 0 Å². The van der Waals surface area contributed by atoms with Gasteiger partial charge in [0.15, 0.2) is 0 Å². The van der Waals surface area contributed by atoms with E-state index in [2.05, 4.69) is 35.6 Å². The summed E-state index contributed by atoms with van der Waals surface area (Å²) in [5.41, 5.74) is 2.73. The van der Waals surface area contributed by atoms with Gasteiger partial charge in [0.05, 0.1) is 12.2 Å². The summed E-state index contributed by atoms with van der Waals surface area (Å²) in [5, 5.41) is 2.36. The zero-order chi connectivity index (χ0) is 27.9. The van der Waals surface area contributed by atoms with Crippen molar-refractivity contribution < 1.29 is 32.6 Å². The van der Waals surface area contributed by atoms with Crippen LogP contribution in [-0.2, 0) is 41.2 Å². The first kappa shape index (κ1) is 30.3. The number of esters is 1. The van der Waals surface area contributed by atoms with Gasteiger partial charge in [-0.3, -0.25) is 24.0 Å². The zero-order valence-corrected chi connectivity index (χ0v) is 24.8. The third kappa shape index (κ3) is 8.12. The Morgan fingerprint density at radius 1 is 1.26 bits per heavy atom. The van der Waals surface area contributed by atoms with E-state index in [1.54, 1.807) is 12.5 Å². The van der Waals surface area contributed by atoms with Crippen molar-refractivity contribution in [3.05, 3.63) is 71.2 Å². The minimum Gasteiger partial charge on any atom is -0.469 e. The maximum Gasteiger partial charge on any atom is 0.352 e. The number of hydrogen-bond donors (Lipinski definition) is 1. The maximum absolute atomic E-state index is 12.6. The number of benzene rings is 1. The van der Waals surface area contributed by atoms with Crippen LogP contribution in [0.5, 0.6) is 0 Å². The summed E-state index contributed by atoms with van der Waals surface area (Å²) in [6, 6.07) is 12.0.